The number of carbonyl (C=O) groups is 2. The first kappa shape index (κ1) is 23.9. The van der Waals surface area contributed by atoms with Crippen LogP contribution in [0.1, 0.15) is 35.4 Å². The van der Waals surface area contributed by atoms with Gasteiger partial charge in [-0.25, -0.2) is 4.98 Å². The van der Waals surface area contributed by atoms with E-state index >= 15 is 0 Å². The third kappa shape index (κ3) is 5.84. The van der Waals surface area contributed by atoms with Crippen LogP contribution in [0, 0.1) is 13.8 Å². The number of benzene rings is 2. The molecule has 1 aliphatic heterocycles. The van der Waals surface area contributed by atoms with Crippen LogP contribution in [-0.2, 0) is 9.59 Å². The third-order valence-electron chi connectivity index (χ3n) is 6.18. The number of hydrogen-bond donors (Lipinski definition) is 3. The van der Waals surface area contributed by atoms with Gasteiger partial charge < -0.3 is 20.9 Å². The Balaban J connectivity index is 1.48. The van der Waals surface area contributed by atoms with Crippen molar-refractivity contribution in [2.75, 3.05) is 29.5 Å². The molecular formula is C27H30N6O2. The van der Waals surface area contributed by atoms with Crippen molar-refractivity contribution in [3.05, 3.63) is 78.0 Å². The molecule has 3 aromatic rings. The first-order valence-electron chi connectivity index (χ1n) is 11.6. The molecule has 2 aromatic carbocycles. The van der Waals surface area contributed by atoms with E-state index in [9.17, 15) is 9.59 Å². The van der Waals surface area contributed by atoms with Crippen molar-refractivity contribution in [2.45, 2.75) is 32.6 Å². The van der Waals surface area contributed by atoms with Crippen LogP contribution >= 0.6 is 0 Å². The van der Waals surface area contributed by atoms with Gasteiger partial charge in [0, 0.05) is 48.8 Å². The summed E-state index contributed by atoms with van der Waals surface area (Å²) >= 11 is 0. The van der Waals surface area contributed by atoms with Crippen LogP contribution in [0.15, 0.2) is 61.3 Å². The first-order chi connectivity index (χ1) is 16.8. The van der Waals surface area contributed by atoms with E-state index in [1.807, 2.05) is 45.2 Å². The van der Waals surface area contributed by atoms with Gasteiger partial charge in [0.1, 0.15) is 5.82 Å². The van der Waals surface area contributed by atoms with Gasteiger partial charge in [0.05, 0.1) is 0 Å². The van der Waals surface area contributed by atoms with Crippen molar-refractivity contribution < 1.29 is 9.59 Å². The zero-order chi connectivity index (χ0) is 24.9. The monoisotopic (exact) mass is 470 g/mol. The maximum Gasteiger partial charge on any atom is 0.247 e. The van der Waals surface area contributed by atoms with Crippen molar-refractivity contribution in [1.82, 2.24) is 14.9 Å². The molecule has 8 heteroatoms. The van der Waals surface area contributed by atoms with Crippen LogP contribution in [-0.4, -0.2) is 40.3 Å². The van der Waals surface area contributed by atoms with Crippen molar-refractivity contribution in [2.24, 2.45) is 0 Å². The maximum absolute atomic E-state index is 12.1. The molecule has 0 spiro atoms. The fourth-order valence-corrected chi connectivity index (χ4v) is 4.06. The molecule has 8 nitrogen and oxygen atoms in total. The summed E-state index contributed by atoms with van der Waals surface area (Å²) in [4.78, 5) is 34.6. The van der Waals surface area contributed by atoms with Crippen LogP contribution in [0.3, 0.4) is 0 Å². The van der Waals surface area contributed by atoms with Crippen LogP contribution in [0.2, 0.25) is 0 Å². The second kappa shape index (κ2) is 10.4. The van der Waals surface area contributed by atoms with Gasteiger partial charge in [0.15, 0.2) is 0 Å². The largest absolute Gasteiger partial charge is 0.346 e. The van der Waals surface area contributed by atoms with Gasteiger partial charge in [-0.1, -0.05) is 24.8 Å². The highest BCUT2D eigenvalue weighted by Crippen LogP contribution is 2.31. The van der Waals surface area contributed by atoms with Gasteiger partial charge >= 0.3 is 0 Å². The van der Waals surface area contributed by atoms with Crippen molar-refractivity contribution in [1.29, 1.82) is 0 Å². The Morgan fingerprint density at radius 1 is 1.11 bits per heavy atom. The molecule has 1 aromatic heterocycles. The molecule has 1 aliphatic rings. The van der Waals surface area contributed by atoms with Crippen LogP contribution in [0.25, 0.3) is 0 Å². The molecule has 1 atom stereocenters. The summed E-state index contributed by atoms with van der Waals surface area (Å²) in [5.41, 5.74) is 5.50. The van der Waals surface area contributed by atoms with Gasteiger partial charge in [0.2, 0.25) is 17.8 Å². The topological polar surface area (TPSA) is 99.2 Å². The highest BCUT2D eigenvalue weighted by Gasteiger charge is 2.24. The molecule has 2 heterocycles. The summed E-state index contributed by atoms with van der Waals surface area (Å²) in [7, 11) is 1.86. The lowest BCUT2D eigenvalue weighted by Crippen LogP contribution is -2.34. The van der Waals surface area contributed by atoms with Crippen molar-refractivity contribution in [3.63, 3.8) is 0 Å². The lowest BCUT2D eigenvalue weighted by molar-refractivity contribution is -0.132. The SMILES string of the molecule is C=CC(=O)Nc1cccc(Nc2nc(Nc3ccc(C4CCN(C)C(=O)C4)cc3C)ncc2C)c1. The number of rotatable bonds is 7. The van der Waals surface area contributed by atoms with Crippen molar-refractivity contribution in [3.8, 4) is 0 Å². The fraction of sp³-hybridized carbons (Fsp3) is 0.259. The second-order valence-corrected chi connectivity index (χ2v) is 8.83. The van der Waals surface area contributed by atoms with Crippen LogP contribution in [0.5, 0.6) is 0 Å². The highest BCUT2D eigenvalue weighted by molar-refractivity contribution is 5.99. The number of aromatic nitrogens is 2. The Kier molecular flexibility index (Phi) is 7.10. The fourth-order valence-electron chi connectivity index (χ4n) is 4.06. The summed E-state index contributed by atoms with van der Waals surface area (Å²) in [5, 5.41) is 9.36. The van der Waals surface area contributed by atoms with Gasteiger partial charge in [-0.2, -0.15) is 4.98 Å². The number of aryl methyl sites for hydroxylation is 2. The molecule has 35 heavy (non-hydrogen) atoms. The predicted molar refractivity (Wildman–Crippen MR) is 139 cm³/mol. The molecule has 0 radical (unpaired) electrons. The van der Waals surface area contributed by atoms with E-state index in [0.29, 0.717) is 23.9 Å². The lowest BCUT2D eigenvalue weighted by atomic mass is 9.88. The molecule has 4 rings (SSSR count). The van der Waals surface area contributed by atoms with Gasteiger partial charge in [-0.05, 0) is 67.7 Å². The quantitative estimate of drug-likeness (QED) is 0.419. The minimum Gasteiger partial charge on any atom is -0.346 e. The zero-order valence-corrected chi connectivity index (χ0v) is 20.3. The van der Waals surface area contributed by atoms with E-state index in [4.69, 9.17) is 0 Å². The summed E-state index contributed by atoms with van der Waals surface area (Å²) in [6, 6.07) is 13.6. The Hall–Kier alpha value is -4.20. The maximum atomic E-state index is 12.1. The van der Waals surface area contributed by atoms with E-state index in [-0.39, 0.29) is 17.7 Å². The summed E-state index contributed by atoms with van der Waals surface area (Å²) in [5.74, 6) is 1.32. The number of hydrogen-bond acceptors (Lipinski definition) is 6. The average molecular weight is 471 g/mol. The first-order valence-corrected chi connectivity index (χ1v) is 11.6. The summed E-state index contributed by atoms with van der Waals surface area (Å²) in [6.07, 6.45) is 4.52. The molecule has 2 amide bonds. The van der Waals surface area contributed by atoms with E-state index in [0.717, 1.165) is 35.5 Å². The number of nitrogens with one attached hydrogen (secondary N) is 3. The Bertz CT molecular complexity index is 1270. The predicted octanol–water partition coefficient (Wildman–Crippen LogP) is 5.04. The smallest absolute Gasteiger partial charge is 0.247 e. The third-order valence-corrected chi connectivity index (χ3v) is 6.18. The molecule has 0 bridgehead atoms. The Labute approximate surface area is 205 Å². The zero-order valence-electron chi connectivity index (χ0n) is 20.3. The molecular weight excluding hydrogens is 440 g/mol. The van der Waals surface area contributed by atoms with Gasteiger partial charge in [-0.15, -0.1) is 0 Å². The van der Waals surface area contributed by atoms with Gasteiger partial charge in [-0.3, -0.25) is 9.59 Å². The molecule has 0 saturated carbocycles. The van der Waals surface area contributed by atoms with E-state index in [2.05, 4.69) is 44.6 Å². The van der Waals surface area contributed by atoms with E-state index < -0.39 is 0 Å². The summed E-state index contributed by atoms with van der Waals surface area (Å²) < 4.78 is 0. The van der Waals surface area contributed by atoms with E-state index in [1.54, 1.807) is 17.2 Å². The number of carbonyl (C=O) groups excluding carboxylic acids is 2. The number of nitrogens with zero attached hydrogens (tertiary/aromatic N) is 3. The number of piperidine rings is 1. The Morgan fingerprint density at radius 2 is 1.91 bits per heavy atom. The number of amides is 2. The second-order valence-electron chi connectivity index (χ2n) is 8.83. The standard InChI is InChI=1S/C27H30N6O2/c1-5-24(34)29-21-7-6-8-22(15-21)30-26-18(3)16-28-27(32-26)31-23-10-9-19(13-17(23)2)20-11-12-33(4)25(35)14-20/h5-10,13,15-16,20H,1,11-12,14H2,2-4H3,(H,29,34)(H2,28,30,31,32). The average Bonchev–Trinajstić information content (AvgIpc) is 2.84. The Morgan fingerprint density at radius 3 is 2.66 bits per heavy atom. The van der Waals surface area contributed by atoms with Crippen molar-refractivity contribution >= 4 is 40.6 Å². The minimum atomic E-state index is -0.268. The molecule has 0 aliphatic carbocycles. The minimum absolute atomic E-state index is 0.197. The molecule has 1 unspecified atom stereocenters. The van der Waals surface area contributed by atoms with E-state index in [1.165, 1.54) is 11.6 Å². The van der Waals surface area contributed by atoms with Gasteiger partial charge in [0.25, 0.3) is 0 Å². The van der Waals surface area contributed by atoms with Crippen LogP contribution < -0.4 is 16.0 Å². The molecule has 3 N–H and O–H groups in total. The molecule has 180 valence electrons. The summed E-state index contributed by atoms with van der Waals surface area (Å²) in [6.45, 7) is 8.24. The highest BCUT2D eigenvalue weighted by atomic mass is 16.2. The molecule has 1 fully saturated rings. The number of anilines is 5. The number of likely N-dealkylation sites (tertiary alicyclic amines) is 1. The normalized spacial score (nSPS) is 15.5. The lowest BCUT2D eigenvalue weighted by Gasteiger charge is -2.29. The molecule has 1 saturated heterocycles. The van der Waals surface area contributed by atoms with Crippen LogP contribution in [0.4, 0.5) is 28.8 Å².